The van der Waals surface area contributed by atoms with Crippen molar-refractivity contribution in [1.82, 2.24) is 10.2 Å². The van der Waals surface area contributed by atoms with E-state index in [1.165, 1.54) is 19.2 Å². The lowest BCUT2D eigenvalue weighted by Gasteiger charge is -2.42. The summed E-state index contributed by atoms with van der Waals surface area (Å²) in [5.41, 5.74) is 1.42. The molecule has 1 fully saturated rings. The molecule has 2 amide bonds. The van der Waals surface area contributed by atoms with E-state index in [4.69, 9.17) is 9.47 Å². The fraction of sp³-hybridized carbons (Fsp3) is 0.364. The van der Waals surface area contributed by atoms with Crippen LogP contribution in [-0.4, -0.2) is 42.6 Å². The van der Waals surface area contributed by atoms with E-state index in [0.29, 0.717) is 5.56 Å². The van der Waals surface area contributed by atoms with Crippen molar-refractivity contribution in [2.45, 2.75) is 38.6 Å². The highest BCUT2D eigenvalue weighted by molar-refractivity contribution is 5.86. The average Bonchev–Trinajstić information content (AvgIpc) is 2.72. The van der Waals surface area contributed by atoms with Crippen molar-refractivity contribution in [3.05, 3.63) is 65.5 Å². The van der Waals surface area contributed by atoms with Gasteiger partial charge in [0.2, 0.25) is 5.91 Å². The summed E-state index contributed by atoms with van der Waals surface area (Å²) in [4.78, 5) is 27.1. The largest absolute Gasteiger partial charge is 0.494 e. The zero-order valence-electron chi connectivity index (χ0n) is 16.7. The molecule has 1 aliphatic heterocycles. The number of carbonyl (C=O) groups excluding carboxylic acids is 2. The van der Waals surface area contributed by atoms with Crippen LogP contribution in [0.1, 0.15) is 31.0 Å². The molecule has 0 saturated carbocycles. The van der Waals surface area contributed by atoms with Crippen molar-refractivity contribution >= 4 is 11.8 Å². The van der Waals surface area contributed by atoms with Gasteiger partial charge in [-0.2, -0.15) is 0 Å². The fourth-order valence-corrected chi connectivity index (χ4v) is 3.55. The van der Waals surface area contributed by atoms with Gasteiger partial charge in [0.1, 0.15) is 6.61 Å². The summed E-state index contributed by atoms with van der Waals surface area (Å²) in [6, 6.07) is 13.2. The molecule has 0 radical (unpaired) electrons. The lowest BCUT2D eigenvalue weighted by atomic mass is 9.95. The maximum absolute atomic E-state index is 13.9. The molecular weight excluding hydrogens is 375 g/mol. The number of nitrogens with zero attached hydrogens (tertiary/aromatic N) is 1. The Kier molecular flexibility index (Phi) is 6.49. The molecule has 0 spiro atoms. The monoisotopic (exact) mass is 400 g/mol. The Bertz CT molecular complexity index is 872. The van der Waals surface area contributed by atoms with E-state index in [1.54, 1.807) is 11.0 Å². The van der Waals surface area contributed by atoms with E-state index in [1.807, 2.05) is 44.2 Å². The summed E-state index contributed by atoms with van der Waals surface area (Å²) in [6.07, 6.45) is -0.861. The SMILES string of the molecule is COc1ccc(CNC(=O)[C@H]2OCC(=O)N(C(C)C)[C@@H]2c2ccccc2)cc1F. The third kappa shape index (κ3) is 4.56. The van der Waals surface area contributed by atoms with Gasteiger partial charge in [0.15, 0.2) is 17.7 Å². The highest BCUT2D eigenvalue weighted by Gasteiger charge is 2.42. The fourth-order valence-electron chi connectivity index (χ4n) is 3.55. The van der Waals surface area contributed by atoms with Crippen molar-refractivity contribution in [3.8, 4) is 5.75 Å². The normalized spacial score (nSPS) is 19.3. The second kappa shape index (κ2) is 9.05. The number of methoxy groups -OCH3 is 1. The van der Waals surface area contributed by atoms with Crippen LogP contribution >= 0.6 is 0 Å². The molecule has 3 rings (SSSR count). The Morgan fingerprint density at radius 2 is 2.00 bits per heavy atom. The first-order valence-electron chi connectivity index (χ1n) is 9.50. The van der Waals surface area contributed by atoms with Crippen LogP contribution in [0.3, 0.4) is 0 Å². The molecule has 6 nitrogen and oxygen atoms in total. The zero-order chi connectivity index (χ0) is 21.0. The van der Waals surface area contributed by atoms with Crippen molar-refractivity contribution in [1.29, 1.82) is 0 Å². The lowest BCUT2D eigenvalue weighted by molar-refractivity contribution is -0.167. The molecule has 1 heterocycles. The Morgan fingerprint density at radius 1 is 1.28 bits per heavy atom. The molecule has 154 valence electrons. The third-order valence-corrected chi connectivity index (χ3v) is 4.90. The summed E-state index contributed by atoms with van der Waals surface area (Å²) in [7, 11) is 1.39. The Balaban J connectivity index is 1.80. The van der Waals surface area contributed by atoms with Crippen molar-refractivity contribution in [2.75, 3.05) is 13.7 Å². The predicted molar refractivity (Wildman–Crippen MR) is 106 cm³/mol. The number of ether oxygens (including phenoxy) is 2. The Morgan fingerprint density at radius 3 is 2.62 bits per heavy atom. The summed E-state index contributed by atoms with van der Waals surface area (Å²) >= 11 is 0. The Labute approximate surface area is 169 Å². The van der Waals surface area contributed by atoms with E-state index >= 15 is 0 Å². The number of amides is 2. The minimum absolute atomic E-state index is 0.0948. The number of morpholine rings is 1. The molecule has 7 heteroatoms. The van der Waals surface area contributed by atoms with Crippen molar-refractivity contribution in [3.63, 3.8) is 0 Å². The third-order valence-electron chi connectivity index (χ3n) is 4.90. The van der Waals surface area contributed by atoms with Gasteiger partial charge in [-0.3, -0.25) is 9.59 Å². The van der Waals surface area contributed by atoms with Crippen LogP contribution in [0.4, 0.5) is 4.39 Å². The number of rotatable bonds is 6. The van der Waals surface area contributed by atoms with Gasteiger partial charge in [0.05, 0.1) is 13.2 Å². The predicted octanol–water partition coefficient (Wildman–Crippen LogP) is 2.83. The van der Waals surface area contributed by atoms with E-state index in [0.717, 1.165) is 5.56 Å². The number of benzene rings is 2. The van der Waals surface area contributed by atoms with Gasteiger partial charge in [-0.15, -0.1) is 0 Å². The quantitative estimate of drug-likeness (QED) is 0.810. The second-order valence-electron chi connectivity index (χ2n) is 7.17. The van der Waals surface area contributed by atoms with Crippen LogP contribution in [-0.2, 0) is 20.9 Å². The highest BCUT2D eigenvalue weighted by Crippen LogP contribution is 2.32. The van der Waals surface area contributed by atoms with Gasteiger partial charge in [-0.25, -0.2) is 4.39 Å². The van der Waals surface area contributed by atoms with Crippen molar-refractivity contribution in [2.24, 2.45) is 0 Å². The lowest BCUT2D eigenvalue weighted by Crippen LogP contribution is -2.56. The molecule has 0 aliphatic carbocycles. The molecule has 1 aliphatic rings. The van der Waals surface area contributed by atoms with Gasteiger partial charge in [-0.05, 0) is 37.1 Å². The number of halogens is 1. The smallest absolute Gasteiger partial charge is 0.251 e. The first-order chi connectivity index (χ1) is 13.9. The zero-order valence-corrected chi connectivity index (χ0v) is 16.7. The number of carbonyl (C=O) groups is 2. The van der Waals surface area contributed by atoms with Crippen LogP contribution < -0.4 is 10.1 Å². The van der Waals surface area contributed by atoms with E-state index < -0.39 is 18.0 Å². The number of nitrogens with one attached hydrogen (secondary N) is 1. The van der Waals surface area contributed by atoms with Crippen LogP contribution in [0.25, 0.3) is 0 Å². The van der Waals surface area contributed by atoms with Crippen LogP contribution in [0.15, 0.2) is 48.5 Å². The van der Waals surface area contributed by atoms with Gasteiger partial charge in [0, 0.05) is 12.6 Å². The average molecular weight is 400 g/mol. The Hall–Kier alpha value is -2.93. The van der Waals surface area contributed by atoms with Gasteiger partial charge in [0.25, 0.3) is 5.91 Å². The van der Waals surface area contributed by atoms with Crippen LogP contribution in [0.2, 0.25) is 0 Å². The maximum Gasteiger partial charge on any atom is 0.251 e. The standard InChI is InChI=1S/C22H25FN2O4/c1-14(2)25-19(26)13-29-21(20(25)16-7-5-4-6-8-16)22(27)24-12-15-9-10-18(28-3)17(23)11-15/h4-11,14,20-21H,12-13H2,1-3H3,(H,24,27)/t20-,21+/m1/s1. The molecule has 2 atom stereocenters. The van der Waals surface area contributed by atoms with Gasteiger partial charge >= 0.3 is 0 Å². The maximum atomic E-state index is 13.9. The topological polar surface area (TPSA) is 67.9 Å². The molecule has 1 saturated heterocycles. The molecule has 2 aromatic carbocycles. The van der Waals surface area contributed by atoms with Crippen LogP contribution in [0.5, 0.6) is 5.75 Å². The minimum atomic E-state index is -0.861. The molecule has 2 aromatic rings. The highest BCUT2D eigenvalue weighted by atomic mass is 19.1. The van der Waals surface area contributed by atoms with Crippen LogP contribution in [0, 0.1) is 5.82 Å². The van der Waals surface area contributed by atoms with E-state index in [2.05, 4.69) is 5.32 Å². The molecule has 1 N–H and O–H groups in total. The molecule has 0 unspecified atom stereocenters. The first kappa shape index (κ1) is 20.8. The number of hydrogen-bond acceptors (Lipinski definition) is 4. The summed E-state index contributed by atoms with van der Waals surface area (Å²) in [6.45, 7) is 3.80. The molecule has 0 bridgehead atoms. The van der Waals surface area contributed by atoms with E-state index in [9.17, 15) is 14.0 Å². The van der Waals surface area contributed by atoms with Gasteiger partial charge in [-0.1, -0.05) is 36.4 Å². The summed E-state index contributed by atoms with van der Waals surface area (Å²) < 4.78 is 24.4. The minimum Gasteiger partial charge on any atom is -0.494 e. The molecule has 29 heavy (non-hydrogen) atoms. The van der Waals surface area contributed by atoms with E-state index in [-0.39, 0.29) is 36.8 Å². The molecular formula is C22H25FN2O4. The second-order valence-corrected chi connectivity index (χ2v) is 7.17. The number of hydrogen-bond donors (Lipinski definition) is 1. The first-order valence-corrected chi connectivity index (χ1v) is 9.50. The molecule has 0 aromatic heterocycles. The van der Waals surface area contributed by atoms with Gasteiger partial charge < -0.3 is 19.7 Å². The summed E-state index contributed by atoms with van der Waals surface area (Å²) in [5, 5.41) is 2.80. The summed E-state index contributed by atoms with van der Waals surface area (Å²) in [5.74, 6) is -0.860. The van der Waals surface area contributed by atoms with Crippen molar-refractivity contribution < 1.29 is 23.5 Å².